The summed E-state index contributed by atoms with van der Waals surface area (Å²) in [4.78, 5) is 0. The van der Waals surface area contributed by atoms with Crippen LogP contribution >= 0.6 is 0 Å². The Labute approximate surface area is 661 Å². The zero-order valence-electron chi connectivity index (χ0n) is 70.7. The molecule has 4 N–H and O–H groups in total. The van der Waals surface area contributed by atoms with Gasteiger partial charge in [0, 0.05) is 34.3 Å². The molecule has 18 rings (SSSR count). The summed E-state index contributed by atoms with van der Waals surface area (Å²) in [6, 6.07) is 97.8. The average molecular weight is 1460 g/mol. The molecule has 0 saturated carbocycles. The second-order valence-electron chi connectivity index (χ2n) is 24.0. The Bertz CT molecular complexity index is 4470. The van der Waals surface area contributed by atoms with E-state index in [1.165, 1.54) is 157 Å². The van der Waals surface area contributed by atoms with Gasteiger partial charge in [0.15, 0.2) is 0 Å². The quantitative estimate of drug-likeness (QED) is 0.132. The van der Waals surface area contributed by atoms with Crippen LogP contribution in [-0.2, 0) is 32.2 Å². The first-order valence-electron chi connectivity index (χ1n) is 41.1. The van der Waals surface area contributed by atoms with Gasteiger partial charge in [-0.15, -0.1) is 0 Å². The van der Waals surface area contributed by atoms with E-state index in [0.717, 1.165) is 32.2 Å². The molecule has 12 aromatic carbocycles. The van der Waals surface area contributed by atoms with Crippen LogP contribution in [0.3, 0.4) is 0 Å². The van der Waals surface area contributed by atoms with E-state index in [9.17, 15) is 10.0 Å². The lowest BCUT2D eigenvalue weighted by molar-refractivity contribution is 0.402. The monoisotopic (exact) mass is 1460 g/mol. The van der Waals surface area contributed by atoms with E-state index in [4.69, 9.17) is 10.0 Å². The largest absolute Gasteiger partial charge is 0.452 e. The molecule has 7 heteroatoms. The molecule has 0 fully saturated rings. The maximum Gasteiger partial charge on any atom is 0.452 e. The third-order valence-corrected chi connectivity index (χ3v) is 17.9. The van der Waals surface area contributed by atoms with Gasteiger partial charge < -0.3 is 24.7 Å². The number of hydrogen-bond acceptors (Lipinski definition) is 4. The molecule has 0 amide bonds. The first-order chi connectivity index (χ1) is 53.5. The Hall–Kier alpha value is -9.59. The fourth-order valence-electron chi connectivity index (χ4n) is 13.9. The topological polar surface area (TPSA) is 85.8 Å². The van der Waals surface area contributed by atoms with Crippen LogP contribution in [-0.4, -0.2) is 38.9 Å². The number of fused-ring (bicyclic) bond motifs is 18. The van der Waals surface area contributed by atoms with Gasteiger partial charge in [-0.2, -0.15) is 0 Å². The van der Waals surface area contributed by atoms with Crippen LogP contribution < -0.4 is 0 Å². The van der Waals surface area contributed by atoms with Crippen LogP contribution in [0.15, 0.2) is 273 Å². The highest BCUT2D eigenvalue weighted by Gasteiger charge is 2.31. The molecule has 1 aromatic heterocycles. The third-order valence-electron chi connectivity index (χ3n) is 17.9. The molecule has 0 unspecified atom stereocenters. The second kappa shape index (κ2) is 51.7. The van der Waals surface area contributed by atoms with Crippen LogP contribution in [0, 0.1) is 13.8 Å². The number of rotatable bonds is 4. The van der Waals surface area contributed by atoms with Gasteiger partial charge in [0.2, 0.25) is 0 Å². The van der Waals surface area contributed by atoms with Crippen LogP contribution in [0.25, 0.3) is 77.4 Å². The van der Waals surface area contributed by atoms with Crippen molar-refractivity contribution in [2.24, 2.45) is 0 Å². The summed E-state index contributed by atoms with van der Waals surface area (Å²) in [6.45, 7) is 46.5. The molecule has 0 atom stereocenters. The van der Waals surface area contributed by atoms with E-state index < -0.39 is 14.2 Å². The van der Waals surface area contributed by atoms with E-state index >= 15 is 0 Å². The summed E-state index contributed by atoms with van der Waals surface area (Å²) < 4.78 is 2.45. The van der Waals surface area contributed by atoms with Crippen molar-refractivity contribution in [1.29, 1.82) is 0 Å². The van der Waals surface area contributed by atoms with Crippen LogP contribution in [0.1, 0.15) is 217 Å². The fraction of sp³-hybridized carbons (Fsp3) is 0.294. The Morgan fingerprint density at radius 1 is 0.275 bits per heavy atom. The van der Waals surface area contributed by atoms with Crippen LogP contribution in [0.4, 0.5) is 0 Å². The predicted molar refractivity (Wildman–Crippen MR) is 485 cm³/mol. The number of aromatic nitrogens is 1. The molecular formula is C102H131B2NO4. The lowest BCUT2D eigenvalue weighted by Crippen LogP contribution is -2.15. The molecule has 1 heterocycles. The summed E-state index contributed by atoms with van der Waals surface area (Å²) in [5.41, 5.74) is 34.5. The number of hydrogen-bond donors (Lipinski definition) is 4. The highest BCUT2D eigenvalue weighted by molar-refractivity contribution is 6.41. The van der Waals surface area contributed by atoms with Crippen LogP contribution in [0.2, 0.25) is 13.1 Å². The number of aryl methyl sites for hydroxylation is 2. The van der Waals surface area contributed by atoms with E-state index in [-0.39, 0.29) is 5.92 Å². The van der Waals surface area contributed by atoms with Crippen molar-refractivity contribution < 1.29 is 20.1 Å². The van der Waals surface area contributed by atoms with E-state index in [2.05, 4.69) is 267 Å². The van der Waals surface area contributed by atoms with Gasteiger partial charge in [0.25, 0.3) is 0 Å². The normalized spacial score (nSPS) is 10.6. The van der Waals surface area contributed by atoms with Gasteiger partial charge in [0.05, 0.1) is 0 Å². The van der Waals surface area contributed by atoms with Crippen molar-refractivity contribution in [3.05, 3.63) is 345 Å². The minimum atomic E-state index is -1.26. The maximum atomic E-state index is 9.22. The standard InChI is InChI=1S/C26H19N.C14H13BO2.2C14H12.C13H10.10C2H6.CH5BO2/c1-2-8-21-19(7-1)16-20-14-13-18(15-24(20)21)17-27-25-11-5-3-9-22(25)23-10-4-6-12-26(23)27;16-15(17)9-14-12-7-3-1-5-10(12)11-6-2-4-8-13(11)14;2*1-10-6-7-12-9-11-4-2-3-5-13(11)14(12)8-10;1-3-7-12-10(5-1)9-11-6-2-4-8-13(11)12;10*1-2;1-2(3)4/h1-15H,16-17H2;1-8,14,16-17H,9H2;2*2-8H,9H2,1H3;1-8H,9H2;10*1-2H3;3-4H,1H3. The predicted octanol–water partition coefficient (Wildman–Crippen LogP) is 28.4. The molecule has 0 aliphatic heterocycles. The van der Waals surface area contributed by atoms with Crippen molar-refractivity contribution in [3.63, 3.8) is 0 Å². The van der Waals surface area contributed by atoms with Crippen molar-refractivity contribution >= 4 is 36.0 Å². The van der Waals surface area contributed by atoms with Gasteiger partial charge >= 0.3 is 14.2 Å². The minimum absolute atomic E-state index is 0.0994. The lowest BCUT2D eigenvalue weighted by Gasteiger charge is -2.12. The molecule has 5 aliphatic carbocycles. The molecule has 5 nitrogen and oxygen atoms in total. The number of nitrogens with zero attached hydrogens (tertiary/aromatic N) is 1. The molecule has 13 aromatic rings. The van der Waals surface area contributed by atoms with Crippen molar-refractivity contribution in [3.8, 4) is 55.6 Å². The molecule has 0 saturated heterocycles. The number of benzene rings is 12. The van der Waals surface area contributed by atoms with Gasteiger partial charge in [-0.25, -0.2) is 0 Å². The zero-order valence-corrected chi connectivity index (χ0v) is 70.7. The van der Waals surface area contributed by atoms with E-state index in [1.807, 2.05) is 163 Å². The third kappa shape index (κ3) is 24.7. The fourth-order valence-corrected chi connectivity index (χ4v) is 13.9. The Kier molecular flexibility index (Phi) is 44.4. The van der Waals surface area contributed by atoms with Gasteiger partial charge in [-0.05, 0) is 188 Å². The summed E-state index contributed by atoms with van der Waals surface area (Å²) in [7, 11) is -2.43. The Morgan fingerprint density at radius 2 is 0.514 bits per heavy atom. The smallest absolute Gasteiger partial charge is 0.427 e. The molecule has 574 valence electrons. The highest BCUT2D eigenvalue weighted by atomic mass is 16.4. The van der Waals surface area contributed by atoms with Gasteiger partial charge in [-0.1, -0.05) is 404 Å². The summed E-state index contributed by atoms with van der Waals surface area (Å²) in [6.07, 6.45) is 4.72. The van der Waals surface area contributed by atoms with Gasteiger partial charge in [0.1, 0.15) is 0 Å². The van der Waals surface area contributed by atoms with E-state index in [0.29, 0.717) is 6.32 Å². The zero-order chi connectivity index (χ0) is 81.0. The van der Waals surface area contributed by atoms with Crippen molar-refractivity contribution in [2.75, 3.05) is 0 Å². The average Bonchev–Trinajstić information content (AvgIpc) is 1.62. The summed E-state index contributed by atoms with van der Waals surface area (Å²) >= 11 is 0. The second-order valence-corrected chi connectivity index (χ2v) is 24.0. The Morgan fingerprint density at radius 3 is 0.826 bits per heavy atom. The van der Waals surface area contributed by atoms with Crippen molar-refractivity contribution in [2.45, 2.75) is 204 Å². The first kappa shape index (κ1) is 93.6. The molecule has 109 heavy (non-hydrogen) atoms. The molecular weight excluding hydrogens is 1320 g/mol. The molecule has 5 aliphatic rings. The summed E-state index contributed by atoms with van der Waals surface area (Å²) in [5, 5.41) is 36.3. The van der Waals surface area contributed by atoms with Crippen LogP contribution in [0.5, 0.6) is 0 Å². The number of para-hydroxylation sites is 2. The van der Waals surface area contributed by atoms with Crippen molar-refractivity contribution in [1.82, 2.24) is 4.57 Å². The molecule has 0 radical (unpaired) electrons. The minimum Gasteiger partial charge on any atom is -0.427 e. The van der Waals surface area contributed by atoms with E-state index in [1.54, 1.807) is 0 Å². The summed E-state index contributed by atoms with van der Waals surface area (Å²) in [5.74, 6) is 0.0994. The highest BCUT2D eigenvalue weighted by Crippen LogP contribution is 2.47. The maximum absolute atomic E-state index is 9.22. The molecule has 0 spiro atoms. The van der Waals surface area contributed by atoms with Gasteiger partial charge in [-0.3, -0.25) is 0 Å². The lowest BCUT2D eigenvalue weighted by atomic mass is 9.75. The molecule has 0 bridgehead atoms. The SMILES string of the molecule is CB(O)O.CC.CC.CC.CC.CC.CC.CC.CC.CC.CC.Cc1ccc2c(c1)-c1ccccc1C2.Cc1ccc2c(c1)-c1ccccc1C2.OB(O)CC1c2ccccc2-c2ccccc21.c1ccc2c(c1)Cc1ccc(Cn3c4ccccc4c4ccccc43)cc1-2.c1ccc2c(c1)Cc1ccccc1-2. The Balaban J connectivity index is 0.000000336. The first-order valence-corrected chi connectivity index (χ1v) is 41.1.